The molecule has 0 atom stereocenters. The van der Waals surface area contributed by atoms with E-state index in [1.807, 2.05) is 36.9 Å². The molecule has 0 spiro atoms. The lowest BCUT2D eigenvalue weighted by atomic mass is 10.4. The highest BCUT2D eigenvalue weighted by molar-refractivity contribution is 14.0. The van der Waals surface area contributed by atoms with Gasteiger partial charge in [0.15, 0.2) is 11.8 Å². The molecule has 1 aromatic heterocycles. The third-order valence-corrected chi connectivity index (χ3v) is 3.71. The Balaban J connectivity index is 0.00000264. The second-order valence-corrected chi connectivity index (χ2v) is 5.68. The maximum atomic E-state index is 4.93. The average molecular weight is 447 g/mol. The van der Waals surface area contributed by atoms with Gasteiger partial charge in [0.1, 0.15) is 6.54 Å². The number of rotatable bonds is 7. The maximum absolute atomic E-state index is 4.93. The Morgan fingerprint density at radius 2 is 2.04 bits per heavy atom. The van der Waals surface area contributed by atoms with Crippen LogP contribution in [0, 0.1) is 6.92 Å². The van der Waals surface area contributed by atoms with E-state index in [9.17, 15) is 0 Å². The summed E-state index contributed by atoms with van der Waals surface area (Å²) in [7, 11) is 0. The van der Waals surface area contributed by atoms with E-state index >= 15 is 0 Å². The van der Waals surface area contributed by atoms with E-state index in [1.54, 1.807) is 6.92 Å². The van der Waals surface area contributed by atoms with Crippen molar-refractivity contribution in [2.75, 3.05) is 18.8 Å². The first-order chi connectivity index (χ1) is 10.8. The molecule has 0 unspecified atom stereocenters. The van der Waals surface area contributed by atoms with E-state index in [2.05, 4.69) is 37.9 Å². The molecule has 1 aromatic carbocycles. The molecule has 0 radical (unpaired) electrons. The molecule has 126 valence electrons. The van der Waals surface area contributed by atoms with Crippen LogP contribution < -0.4 is 10.6 Å². The van der Waals surface area contributed by atoms with Crippen LogP contribution in [0.1, 0.15) is 18.6 Å². The molecule has 0 aliphatic carbocycles. The first-order valence-corrected chi connectivity index (χ1v) is 8.25. The molecule has 2 rings (SSSR count). The van der Waals surface area contributed by atoms with Crippen LogP contribution in [-0.2, 0) is 6.54 Å². The first kappa shape index (κ1) is 19.8. The quantitative estimate of drug-likeness (QED) is 0.224. The standard InChI is InChI=1S/C15H21N5OS.HI/c1-3-16-15(18-11-14-19-12(2)21-20-14)17-9-10-22-13-7-5-4-6-8-13;/h4-8H,3,9-11H2,1-2H3,(H2,16,17,18);1H. The topological polar surface area (TPSA) is 75.3 Å². The van der Waals surface area contributed by atoms with Crippen molar-refractivity contribution in [3.63, 3.8) is 0 Å². The Kier molecular flexibility index (Phi) is 9.69. The van der Waals surface area contributed by atoms with Crippen molar-refractivity contribution in [2.24, 2.45) is 4.99 Å². The Labute approximate surface area is 157 Å². The molecule has 0 fully saturated rings. The lowest BCUT2D eigenvalue weighted by molar-refractivity contribution is 0.387. The second kappa shape index (κ2) is 11.3. The van der Waals surface area contributed by atoms with Crippen LogP contribution in [0.2, 0.25) is 0 Å². The minimum Gasteiger partial charge on any atom is -0.357 e. The molecule has 1 heterocycles. The van der Waals surface area contributed by atoms with E-state index < -0.39 is 0 Å². The van der Waals surface area contributed by atoms with Crippen LogP contribution in [-0.4, -0.2) is 34.9 Å². The Bertz CT molecular complexity index is 591. The zero-order valence-electron chi connectivity index (χ0n) is 13.3. The summed E-state index contributed by atoms with van der Waals surface area (Å²) in [4.78, 5) is 9.85. The van der Waals surface area contributed by atoms with Gasteiger partial charge in [0, 0.05) is 30.7 Å². The summed E-state index contributed by atoms with van der Waals surface area (Å²) in [6.45, 7) is 5.84. The molecule has 0 aliphatic heterocycles. The van der Waals surface area contributed by atoms with Crippen LogP contribution in [0.5, 0.6) is 0 Å². The fourth-order valence-electron chi connectivity index (χ4n) is 1.75. The highest BCUT2D eigenvalue weighted by Crippen LogP contribution is 2.15. The molecule has 23 heavy (non-hydrogen) atoms. The minimum atomic E-state index is 0. The smallest absolute Gasteiger partial charge is 0.223 e. The van der Waals surface area contributed by atoms with Gasteiger partial charge in [-0.05, 0) is 19.1 Å². The molecule has 0 aliphatic rings. The minimum absolute atomic E-state index is 0. The third-order valence-electron chi connectivity index (χ3n) is 2.70. The van der Waals surface area contributed by atoms with Gasteiger partial charge in [-0.1, -0.05) is 23.4 Å². The number of hydrogen-bond donors (Lipinski definition) is 2. The fraction of sp³-hybridized carbons (Fsp3) is 0.400. The number of thioether (sulfide) groups is 1. The summed E-state index contributed by atoms with van der Waals surface area (Å²) in [5, 5.41) is 10.3. The van der Waals surface area contributed by atoms with Gasteiger partial charge in [-0.25, -0.2) is 4.99 Å². The molecule has 2 aromatic rings. The van der Waals surface area contributed by atoms with Crippen molar-refractivity contribution < 1.29 is 4.52 Å². The number of aliphatic imine (C=N–C) groups is 1. The monoisotopic (exact) mass is 447 g/mol. The van der Waals surface area contributed by atoms with Gasteiger partial charge >= 0.3 is 0 Å². The maximum Gasteiger partial charge on any atom is 0.223 e. The first-order valence-electron chi connectivity index (χ1n) is 7.27. The summed E-state index contributed by atoms with van der Waals surface area (Å²) in [6, 6.07) is 10.4. The van der Waals surface area contributed by atoms with Gasteiger partial charge in [-0.2, -0.15) is 4.98 Å². The van der Waals surface area contributed by atoms with Crippen LogP contribution >= 0.6 is 35.7 Å². The normalized spacial score (nSPS) is 11.0. The molecule has 0 amide bonds. The van der Waals surface area contributed by atoms with E-state index in [4.69, 9.17) is 4.52 Å². The van der Waals surface area contributed by atoms with Crippen LogP contribution in [0.25, 0.3) is 0 Å². The van der Waals surface area contributed by atoms with E-state index in [-0.39, 0.29) is 24.0 Å². The van der Waals surface area contributed by atoms with Crippen LogP contribution in [0.15, 0.2) is 44.7 Å². The van der Waals surface area contributed by atoms with Crippen molar-refractivity contribution in [3.05, 3.63) is 42.0 Å². The molecule has 8 heteroatoms. The number of guanidine groups is 1. The van der Waals surface area contributed by atoms with Crippen LogP contribution in [0.3, 0.4) is 0 Å². The molecule has 0 saturated carbocycles. The van der Waals surface area contributed by atoms with Crippen molar-refractivity contribution in [3.8, 4) is 0 Å². The summed E-state index contributed by atoms with van der Waals surface area (Å²) < 4.78 is 4.93. The van der Waals surface area contributed by atoms with Gasteiger partial charge in [0.2, 0.25) is 5.89 Å². The zero-order chi connectivity index (χ0) is 15.6. The summed E-state index contributed by atoms with van der Waals surface area (Å²) >= 11 is 1.81. The lowest BCUT2D eigenvalue weighted by Crippen LogP contribution is -2.38. The second-order valence-electron chi connectivity index (χ2n) is 4.51. The number of aryl methyl sites for hydroxylation is 1. The average Bonchev–Trinajstić information content (AvgIpc) is 2.95. The van der Waals surface area contributed by atoms with Crippen LogP contribution in [0.4, 0.5) is 0 Å². The highest BCUT2D eigenvalue weighted by Gasteiger charge is 2.02. The molecule has 2 N–H and O–H groups in total. The Morgan fingerprint density at radius 3 is 2.70 bits per heavy atom. The van der Waals surface area contributed by atoms with Crippen molar-refractivity contribution in [1.82, 2.24) is 20.8 Å². The largest absolute Gasteiger partial charge is 0.357 e. The lowest BCUT2D eigenvalue weighted by Gasteiger charge is -2.10. The van der Waals surface area contributed by atoms with E-state index in [0.717, 1.165) is 24.8 Å². The number of benzene rings is 1. The fourth-order valence-corrected chi connectivity index (χ4v) is 2.54. The van der Waals surface area contributed by atoms with E-state index in [1.165, 1.54) is 4.90 Å². The zero-order valence-corrected chi connectivity index (χ0v) is 16.4. The predicted octanol–water partition coefficient (Wildman–Crippen LogP) is 2.84. The number of nitrogens with one attached hydrogen (secondary N) is 2. The van der Waals surface area contributed by atoms with Gasteiger partial charge in [0.25, 0.3) is 0 Å². The number of halogens is 1. The summed E-state index contributed by atoms with van der Waals surface area (Å²) in [5.41, 5.74) is 0. The summed E-state index contributed by atoms with van der Waals surface area (Å²) in [5.74, 6) is 2.88. The van der Waals surface area contributed by atoms with E-state index in [0.29, 0.717) is 18.3 Å². The Morgan fingerprint density at radius 1 is 1.26 bits per heavy atom. The molecular formula is C15H22IN5OS. The molecule has 6 nitrogen and oxygen atoms in total. The van der Waals surface area contributed by atoms with Gasteiger partial charge in [0.05, 0.1) is 0 Å². The van der Waals surface area contributed by atoms with Crippen molar-refractivity contribution in [2.45, 2.75) is 25.3 Å². The molecule has 0 saturated heterocycles. The Hall–Kier alpha value is -1.29. The van der Waals surface area contributed by atoms with Gasteiger partial charge in [-0.15, -0.1) is 35.7 Å². The SMILES string of the molecule is CCNC(=NCc1noc(C)n1)NCCSc1ccccc1.I. The van der Waals surface area contributed by atoms with Gasteiger partial charge < -0.3 is 15.2 Å². The molecule has 0 bridgehead atoms. The van der Waals surface area contributed by atoms with Crippen molar-refractivity contribution >= 4 is 41.7 Å². The summed E-state index contributed by atoms with van der Waals surface area (Å²) in [6.07, 6.45) is 0. The number of hydrogen-bond acceptors (Lipinski definition) is 5. The number of nitrogens with zero attached hydrogens (tertiary/aromatic N) is 3. The number of aromatic nitrogens is 2. The third kappa shape index (κ3) is 7.69. The highest BCUT2D eigenvalue weighted by atomic mass is 127. The predicted molar refractivity (Wildman–Crippen MR) is 104 cm³/mol. The van der Waals surface area contributed by atoms with Gasteiger partial charge in [-0.3, -0.25) is 0 Å². The molecular weight excluding hydrogens is 425 g/mol. The van der Waals surface area contributed by atoms with Crippen molar-refractivity contribution in [1.29, 1.82) is 0 Å².